The van der Waals surface area contributed by atoms with E-state index in [1.54, 1.807) is 25.4 Å². The minimum atomic E-state index is -3.41. The highest BCUT2D eigenvalue weighted by molar-refractivity contribution is 7.92. The largest absolute Gasteiger partial charge is 0.380 e. The smallest absolute Gasteiger partial charge is 0.273 e. The number of amides is 4. The molecule has 0 atom stereocenters. The Hall–Kier alpha value is -12.4. The summed E-state index contributed by atoms with van der Waals surface area (Å²) in [4.78, 5) is 95.8. The number of pyridine rings is 4. The predicted octanol–water partition coefficient (Wildman–Crippen LogP) is 13.0. The van der Waals surface area contributed by atoms with Gasteiger partial charge in [-0.15, -0.1) is 0 Å². The zero-order chi connectivity index (χ0) is 91.1. The molecule has 6 aliphatic heterocycles. The topological polar surface area (TPSA) is 315 Å². The Morgan fingerprint density at radius 1 is 0.402 bits per heavy atom. The number of piperazine rings is 4. The van der Waals surface area contributed by atoms with Crippen LogP contribution in [-0.2, 0) is 58.3 Å². The number of hydrogen-bond donors (Lipinski definition) is 1. The van der Waals surface area contributed by atoms with Crippen LogP contribution in [0.3, 0.4) is 0 Å². The highest BCUT2D eigenvalue weighted by Crippen LogP contribution is 2.36. The van der Waals surface area contributed by atoms with Crippen molar-refractivity contribution >= 4 is 108 Å². The van der Waals surface area contributed by atoms with Gasteiger partial charge in [0.2, 0.25) is 52.2 Å². The van der Waals surface area contributed by atoms with Crippen LogP contribution < -0.4 is 4.72 Å². The quantitative estimate of drug-likeness (QED) is 0.0741. The number of nitrogens with one attached hydrogen (secondary N) is 1. The summed E-state index contributed by atoms with van der Waals surface area (Å²) in [6.45, 7) is 16.2. The van der Waals surface area contributed by atoms with Gasteiger partial charge in [-0.05, 0) is 115 Å². The molecule has 0 unspecified atom stereocenters. The summed E-state index contributed by atoms with van der Waals surface area (Å²) in [6, 6.07) is 56.0. The molecule has 680 valence electrons. The summed E-state index contributed by atoms with van der Waals surface area (Å²) in [5, 5.41) is 10.6. The van der Waals surface area contributed by atoms with Gasteiger partial charge in [-0.2, -0.15) is 9.97 Å². The number of methoxy groups -OCH3 is 1. The van der Waals surface area contributed by atoms with Crippen molar-refractivity contribution in [3.8, 4) is 78.9 Å². The molecule has 0 bridgehead atoms. The second-order valence-electron chi connectivity index (χ2n) is 33.2. The molecule has 15 aromatic rings. The lowest BCUT2D eigenvalue weighted by Gasteiger charge is -2.38. The van der Waals surface area contributed by atoms with Crippen molar-refractivity contribution in [1.29, 1.82) is 0 Å². The van der Waals surface area contributed by atoms with Gasteiger partial charge in [0, 0.05) is 210 Å². The molecule has 32 nitrogen and oxygen atoms in total. The molecule has 6 fully saturated rings. The second-order valence-corrected chi connectivity index (χ2v) is 36.7. The average molecular weight is 1880 g/mol. The van der Waals surface area contributed by atoms with Gasteiger partial charge in [-0.25, -0.2) is 28.4 Å². The van der Waals surface area contributed by atoms with Crippen molar-refractivity contribution in [2.75, 3.05) is 163 Å². The number of rotatable bonds is 20. The van der Waals surface area contributed by atoms with Crippen LogP contribution in [0.2, 0.25) is 20.1 Å². The number of aromatic nitrogens is 12. The normalized spacial score (nSPS) is 16.2. The summed E-state index contributed by atoms with van der Waals surface area (Å²) in [7, 11) is 0.216. The Kier molecular flexibility index (Phi) is 27.6. The van der Waals surface area contributed by atoms with Gasteiger partial charge in [0.25, 0.3) is 5.91 Å². The van der Waals surface area contributed by atoms with E-state index < -0.39 is 10.0 Å². The van der Waals surface area contributed by atoms with E-state index in [0.29, 0.717) is 134 Å². The second kappa shape index (κ2) is 40.4. The van der Waals surface area contributed by atoms with E-state index >= 15 is 0 Å². The van der Waals surface area contributed by atoms with E-state index in [4.69, 9.17) is 89.6 Å². The van der Waals surface area contributed by atoms with Gasteiger partial charge in [0.15, 0.2) is 0 Å². The first-order valence-corrected chi connectivity index (χ1v) is 46.8. The number of hydrogen-bond acceptors (Lipinski definition) is 23. The SMILES string of the molecule is CN1CCN(C(=O)c2c(-c3ccc(Cl)cc3)nc3ccc(-c4ccccc4)cn23)CC1.COCC(=O)N1CCN(Cc2c(-c3ccc(Cl)cc3)nc3ccc(-c4ncon4)cn23)CC1.CS(=O)(=O)Nc1ccc2nc(-c3ccc(Cl)cc3)c(CN3CCN(C(=O)C4COC4)CC3)n2c1.O=C(C1COC1)N1CCN(Cc2c(-c3ccc(Cl)cc3)nc3ccc(-c4ncon4)cn23)CC1. The molecule has 0 aliphatic carbocycles. The molecule has 21 rings (SSSR count). The van der Waals surface area contributed by atoms with E-state index in [1.165, 1.54) is 12.8 Å². The number of likely N-dealkylation sites (N-methyl/N-ethyl adjacent to an activating group) is 1. The number of nitrogens with zero attached hydrogens (tertiary/aromatic N) is 20. The first-order valence-electron chi connectivity index (χ1n) is 43.4. The zero-order valence-electron chi connectivity index (χ0n) is 72.7. The summed E-state index contributed by atoms with van der Waals surface area (Å²) in [5.41, 5.74) is 18.2. The Morgan fingerprint density at radius 2 is 0.758 bits per heavy atom. The van der Waals surface area contributed by atoms with E-state index in [2.05, 4.69) is 72.6 Å². The van der Waals surface area contributed by atoms with Gasteiger partial charge >= 0.3 is 0 Å². The molecule has 0 saturated carbocycles. The van der Waals surface area contributed by atoms with Crippen LogP contribution >= 0.6 is 46.4 Å². The maximum absolute atomic E-state index is 13.7. The molecular weight excluding hydrogens is 1790 g/mol. The van der Waals surface area contributed by atoms with E-state index in [0.717, 1.165) is 173 Å². The summed E-state index contributed by atoms with van der Waals surface area (Å²) >= 11 is 24.4. The number of fused-ring (bicyclic) bond motifs is 4. The maximum Gasteiger partial charge on any atom is 0.273 e. The van der Waals surface area contributed by atoms with Crippen molar-refractivity contribution < 1.29 is 50.9 Å². The first-order chi connectivity index (χ1) is 64.1. The lowest BCUT2D eigenvalue weighted by atomic mass is 10.1. The van der Waals surface area contributed by atoms with Crippen LogP contribution in [0.4, 0.5) is 5.69 Å². The molecule has 1 N–H and O–H groups in total. The Balaban J connectivity index is 0.000000118. The lowest BCUT2D eigenvalue weighted by Crippen LogP contribution is -2.53. The van der Waals surface area contributed by atoms with Gasteiger partial charge in [0.05, 0.1) is 84.4 Å². The number of imidazole rings is 4. The van der Waals surface area contributed by atoms with Crippen LogP contribution in [0.25, 0.3) is 102 Å². The Labute approximate surface area is 780 Å². The van der Waals surface area contributed by atoms with E-state index in [1.807, 2.05) is 199 Å². The number of benzene rings is 5. The summed E-state index contributed by atoms with van der Waals surface area (Å²) in [6.07, 6.45) is 11.5. The average Bonchev–Trinajstić information content (AvgIpc) is 1.63. The minimum Gasteiger partial charge on any atom is -0.380 e. The minimum absolute atomic E-state index is 0.00240. The third-order valence-corrected chi connectivity index (χ3v) is 26.0. The fourth-order valence-electron chi connectivity index (χ4n) is 16.9. The van der Waals surface area contributed by atoms with Crippen LogP contribution in [0, 0.1) is 11.8 Å². The van der Waals surface area contributed by atoms with Crippen molar-refractivity contribution in [3.05, 3.63) is 256 Å². The molecule has 5 aromatic carbocycles. The van der Waals surface area contributed by atoms with Crippen LogP contribution in [0.5, 0.6) is 0 Å². The van der Waals surface area contributed by atoms with Crippen molar-refractivity contribution in [3.63, 3.8) is 0 Å². The van der Waals surface area contributed by atoms with Gasteiger partial charge in [0.1, 0.15) is 40.6 Å². The molecule has 10 aromatic heterocycles. The third kappa shape index (κ3) is 20.8. The highest BCUT2D eigenvalue weighted by atomic mass is 35.5. The maximum atomic E-state index is 13.7. The molecule has 0 radical (unpaired) electrons. The number of sulfonamides is 1. The number of carbonyl (C=O) groups excluding carboxylic acids is 4. The third-order valence-electron chi connectivity index (χ3n) is 24.3. The van der Waals surface area contributed by atoms with Gasteiger partial charge < -0.3 is 56.6 Å². The molecule has 6 aliphatic rings. The highest BCUT2D eigenvalue weighted by Gasteiger charge is 2.36. The zero-order valence-corrected chi connectivity index (χ0v) is 76.5. The Bertz CT molecular complexity index is 6710. The van der Waals surface area contributed by atoms with E-state index in [-0.39, 0.29) is 42.1 Å². The molecule has 6 saturated heterocycles. The molecular formula is C95H95Cl4N21O11S. The van der Waals surface area contributed by atoms with Gasteiger partial charge in [-0.1, -0.05) is 136 Å². The summed E-state index contributed by atoms with van der Waals surface area (Å²) in [5.74, 6) is 1.52. The molecule has 0 spiro atoms. The number of halogens is 4. The predicted molar refractivity (Wildman–Crippen MR) is 503 cm³/mol. The van der Waals surface area contributed by atoms with E-state index in [9.17, 15) is 27.6 Å². The fourth-order valence-corrected chi connectivity index (χ4v) is 18.0. The number of anilines is 1. The van der Waals surface area contributed by atoms with Gasteiger partial charge in [-0.3, -0.25) is 47.4 Å². The van der Waals surface area contributed by atoms with Crippen LogP contribution in [-0.4, -0.2) is 287 Å². The fraction of sp³-hybridized carbons (Fsp3) is 0.305. The molecule has 4 amide bonds. The van der Waals surface area contributed by atoms with Crippen molar-refractivity contribution in [1.82, 2.24) is 97.0 Å². The number of ether oxygens (including phenoxy) is 3. The first kappa shape index (κ1) is 90.2. The van der Waals surface area contributed by atoms with Crippen LogP contribution in [0.15, 0.2) is 223 Å². The lowest BCUT2D eigenvalue weighted by molar-refractivity contribution is -0.152. The van der Waals surface area contributed by atoms with Crippen molar-refractivity contribution in [2.24, 2.45) is 11.8 Å². The molecule has 37 heteroatoms. The van der Waals surface area contributed by atoms with Crippen molar-refractivity contribution in [2.45, 2.75) is 19.6 Å². The Morgan fingerprint density at radius 3 is 1.14 bits per heavy atom. The standard InChI is InChI=1S/C25H23ClN4O.C24H23ClN6O3.C23H23ClN6O3.C23H26ClN5O4S/c1-28-13-15-29(16-14-28)25(31)24-23(19-7-10-21(26)11-8-19)27-22-12-9-20(17-30(22)24)18-5-3-2-4-6-18;25-19-4-1-16(2-5-19)22-20(12-29-7-9-30(10-8-29)24(32)18-13-33-14-18)31-11-17(3-6-21(31)27-22)23-26-15-34-28-23;1-32-14-21(31)29-10-8-28(9-11-29)13-19-22(16-2-5-18(24)6-3-16)26-20-7-4-17(12-30(19)20)23-25-15-33-27-23;1-34(31,32)26-19-6-7-21-25-22(16-2-4-18(24)5-3-16)20(29(21)12-19)13-27-8-10-28(11-9-27)23(30)17-14-33-15-17/h2-12,17H,13-16H2,1H3;1-6,11,15,18H,7-10,12-14H2;2-7,12,15H,8-11,13-14H2,1H3;2-7,12,17,26H,8-11,13-15H2,1H3. The monoisotopic (exact) mass is 1880 g/mol. The van der Waals surface area contributed by atoms with Crippen LogP contribution in [0.1, 0.15) is 27.6 Å². The molecule has 132 heavy (non-hydrogen) atoms. The number of carbonyl (C=O) groups is 4. The summed E-state index contributed by atoms with van der Waals surface area (Å²) < 4.78 is 59.3. The molecule has 16 heterocycles.